The molecule has 0 fully saturated rings. The van der Waals surface area contributed by atoms with Gasteiger partial charge < -0.3 is 5.11 Å². The van der Waals surface area contributed by atoms with Crippen LogP contribution in [0.1, 0.15) is 23.7 Å². The Balaban J connectivity index is 3.38. The molecule has 0 saturated heterocycles. The Bertz CT molecular complexity index is 385. The molecule has 0 bridgehead atoms. The van der Waals surface area contributed by atoms with Crippen molar-refractivity contribution in [2.24, 2.45) is 0 Å². The molecule has 0 saturated carbocycles. The lowest BCUT2D eigenvalue weighted by Gasteiger charge is -2.08. The largest absolute Gasteiger partial charge is 0.392 e. The number of hydrogen-bond donors (Lipinski definition) is 1. The van der Waals surface area contributed by atoms with Gasteiger partial charge in [0.05, 0.1) is 12.3 Å². The lowest BCUT2D eigenvalue weighted by molar-refractivity contribution is 0.281. The van der Waals surface area contributed by atoms with Crippen molar-refractivity contribution in [1.82, 2.24) is 4.98 Å². The zero-order valence-corrected chi connectivity index (χ0v) is 8.80. The van der Waals surface area contributed by atoms with Gasteiger partial charge in [0.15, 0.2) is 0 Å². The maximum absolute atomic E-state index is 8.99. The molecule has 0 aliphatic rings. The first-order valence-electron chi connectivity index (χ1n) is 4.18. The van der Waals surface area contributed by atoms with Crippen LogP contribution >= 0.6 is 11.6 Å². The van der Waals surface area contributed by atoms with E-state index in [1.807, 2.05) is 6.92 Å². The maximum atomic E-state index is 8.99. The lowest BCUT2D eigenvalue weighted by atomic mass is 10.1. The van der Waals surface area contributed by atoms with E-state index >= 15 is 0 Å². The number of halogens is 1. The van der Waals surface area contributed by atoms with Crippen LogP contribution in [0.4, 0.5) is 0 Å². The van der Waals surface area contributed by atoms with E-state index in [1.54, 1.807) is 12.1 Å². The van der Waals surface area contributed by atoms with E-state index in [1.165, 1.54) is 0 Å². The van der Waals surface area contributed by atoms with Crippen molar-refractivity contribution >= 4 is 23.3 Å². The average molecular weight is 210 g/mol. The molecule has 14 heavy (non-hydrogen) atoms. The first kappa shape index (κ1) is 11.0. The van der Waals surface area contributed by atoms with Crippen molar-refractivity contribution in [3.05, 3.63) is 41.2 Å². The fourth-order valence-corrected chi connectivity index (χ4v) is 1.36. The number of hydrogen-bond acceptors (Lipinski definition) is 2. The van der Waals surface area contributed by atoms with E-state index in [0.29, 0.717) is 10.7 Å². The van der Waals surface area contributed by atoms with Crippen LogP contribution in [-0.4, -0.2) is 10.1 Å². The molecule has 0 spiro atoms. The predicted octanol–water partition coefficient (Wildman–Crippen LogP) is 2.90. The quantitative estimate of drug-likeness (QED) is 0.777. The Morgan fingerprint density at radius 1 is 1.71 bits per heavy atom. The molecule has 0 unspecified atom stereocenters. The van der Waals surface area contributed by atoms with Gasteiger partial charge in [0.1, 0.15) is 5.15 Å². The van der Waals surface area contributed by atoms with Crippen molar-refractivity contribution in [2.45, 2.75) is 13.5 Å². The highest BCUT2D eigenvalue weighted by molar-refractivity contribution is 6.30. The van der Waals surface area contributed by atoms with Gasteiger partial charge >= 0.3 is 0 Å². The summed E-state index contributed by atoms with van der Waals surface area (Å²) in [4.78, 5) is 4.15. The zero-order chi connectivity index (χ0) is 10.7. The molecule has 1 aromatic heterocycles. The van der Waals surface area contributed by atoms with E-state index in [4.69, 9.17) is 16.7 Å². The smallest absolute Gasteiger partial charge is 0.135 e. The van der Waals surface area contributed by atoms with Crippen LogP contribution < -0.4 is 0 Å². The maximum Gasteiger partial charge on any atom is 0.135 e. The lowest BCUT2D eigenvalue weighted by Crippen LogP contribution is -1.96. The van der Waals surface area contributed by atoms with Crippen LogP contribution in [0.3, 0.4) is 0 Å². The fourth-order valence-electron chi connectivity index (χ4n) is 1.16. The molecular formula is C11H12ClNO. The van der Waals surface area contributed by atoms with Crippen molar-refractivity contribution in [2.75, 3.05) is 0 Å². The van der Waals surface area contributed by atoms with Crippen molar-refractivity contribution < 1.29 is 5.11 Å². The van der Waals surface area contributed by atoms with E-state index in [9.17, 15) is 0 Å². The van der Waals surface area contributed by atoms with Crippen molar-refractivity contribution in [3.63, 3.8) is 0 Å². The predicted molar refractivity (Wildman–Crippen MR) is 60.0 cm³/mol. The number of pyridine rings is 1. The standard InChI is InChI=1S/C11H12ClNO/c1-4-8-5-9(6-14)11(12)13-10(8)7(2)3/h4-5,14H,1-2,6H2,3H3. The monoisotopic (exact) mass is 209 g/mol. The number of allylic oxidation sites excluding steroid dienone is 1. The highest BCUT2D eigenvalue weighted by Gasteiger charge is 2.08. The average Bonchev–Trinajstić information content (AvgIpc) is 2.17. The van der Waals surface area contributed by atoms with E-state index in [0.717, 1.165) is 16.8 Å². The van der Waals surface area contributed by atoms with Gasteiger partial charge in [-0.15, -0.1) is 0 Å². The van der Waals surface area contributed by atoms with E-state index < -0.39 is 0 Å². The summed E-state index contributed by atoms with van der Waals surface area (Å²) in [5.74, 6) is 0. The Morgan fingerprint density at radius 2 is 2.36 bits per heavy atom. The van der Waals surface area contributed by atoms with Crippen LogP contribution in [0.15, 0.2) is 19.2 Å². The summed E-state index contributed by atoms with van der Waals surface area (Å²) < 4.78 is 0. The first-order chi connectivity index (χ1) is 6.60. The Kier molecular flexibility index (Phi) is 3.44. The summed E-state index contributed by atoms with van der Waals surface area (Å²) in [5, 5.41) is 9.30. The summed E-state index contributed by atoms with van der Waals surface area (Å²) >= 11 is 5.86. The molecule has 1 heterocycles. The fraction of sp³-hybridized carbons (Fsp3) is 0.182. The van der Waals surface area contributed by atoms with E-state index in [-0.39, 0.29) is 6.61 Å². The summed E-state index contributed by atoms with van der Waals surface area (Å²) in [5.41, 5.74) is 2.99. The van der Waals surface area contributed by atoms with Gasteiger partial charge in [-0.3, -0.25) is 0 Å². The summed E-state index contributed by atoms with van der Waals surface area (Å²) in [6, 6.07) is 1.77. The second-order valence-electron chi connectivity index (χ2n) is 3.02. The van der Waals surface area contributed by atoms with Gasteiger partial charge in [-0.2, -0.15) is 0 Å². The topological polar surface area (TPSA) is 33.1 Å². The van der Waals surface area contributed by atoms with Gasteiger partial charge in [0.2, 0.25) is 0 Å². The highest BCUT2D eigenvalue weighted by atomic mass is 35.5. The highest BCUT2D eigenvalue weighted by Crippen LogP contribution is 2.22. The van der Waals surface area contributed by atoms with Crippen LogP contribution in [0, 0.1) is 0 Å². The Labute approximate surface area is 88.6 Å². The third-order valence-electron chi connectivity index (χ3n) is 1.87. The number of rotatable bonds is 3. The third-order valence-corrected chi connectivity index (χ3v) is 2.20. The molecule has 74 valence electrons. The second kappa shape index (κ2) is 4.40. The van der Waals surface area contributed by atoms with Crippen LogP contribution in [0.5, 0.6) is 0 Å². The molecule has 0 atom stereocenters. The number of nitrogens with zero attached hydrogens (tertiary/aromatic N) is 1. The number of aliphatic hydroxyl groups excluding tert-OH is 1. The number of aromatic nitrogens is 1. The summed E-state index contributed by atoms with van der Waals surface area (Å²) in [6.07, 6.45) is 1.67. The molecule has 1 rings (SSSR count). The van der Waals surface area contributed by atoms with Crippen LogP contribution in [-0.2, 0) is 6.61 Å². The molecular weight excluding hydrogens is 198 g/mol. The molecule has 3 heteroatoms. The van der Waals surface area contributed by atoms with E-state index in [2.05, 4.69) is 18.1 Å². The minimum Gasteiger partial charge on any atom is -0.392 e. The van der Waals surface area contributed by atoms with Crippen LogP contribution in [0.25, 0.3) is 11.6 Å². The van der Waals surface area contributed by atoms with Crippen molar-refractivity contribution in [3.8, 4) is 0 Å². The van der Waals surface area contributed by atoms with Gasteiger partial charge in [0.25, 0.3) is 0 Å². The Hall–Kier alpha value is -1.12. The third kappa shape index (κ3) is 2.03. The second-order valence-corrected chi connectivity index (χ2v) is 3.38. The van der Waals surface area contributed by atoms with Gasteiger partial charge in [-0.25, -0.2) is 4.98 Å². The molecule has 1 N–H and O–H groups in total. The first-order valence-corrected chi connectivity index (χ1v) is 4.56. The normalized spacial score (nSPS) is 9.93. The van der Waals surface area contributed by atoms with Crippen LogP contribution in [0.2, 0.25) is 5.15 Å². The van der Waals surface area contributed by atoms with Gasteiger partial charge in [-0.1, -0.05) is 30.8 Å². The van der Waals surface area contributed by atoms with Gasteiger partial charge in [-0.05, 0) is 18.6 Å². The molecule has 1 aromatic rings. The molecule has 0 aliphatic carbocycles. The summed E-state index contributed by atoms with van der Waals surface area (Å²) in [6.45, 7) is 9.20. The molecule has 2 nitrogen and oxygen atoms in total. The molecule has 0 amide bonds. The summed E-state index contributed by atoms with van der Waals surface area (Å²) in [7, 11) is 0. The van der Waals surface area contributed by atoms with Gasteiger partial charge in [0, 0.05) is 11.1 Å². The number of aliphatic hydroxyl groups is 1. The minimum atomic E-state index is -0.122. The van der Waals surface area contributed by atoms with Crippen molar-refractivity contribution in [1.29, 1.82) is 0 Å². The SMILES string of the molecule is C=Cc1cc(CO)c(Cl)nc1C(=C)C. The minimum absolute atomic E-state index is 0.122. The molecule has 0 radical (unpaired) electrons. The molecule has 0 aromatic carbocycles. The molecule has 0 aliphatic heterocycles. The zero-order valence-electron chi connectivity index (χ0n) is 8.05. The Morgan fingerprint density at radius 3 is 2.79 bits per heavy atom.